The molecule has 1 amide bonds. The first-order chi connectivity index (χ1) is 20.9. The molecule has 10 nitrogen and oxygen atoms in total. The molecule has 2 aromatic carbocycles. The summed E-state index contributed by atoms with van der Waals surface area (Å²) in [6.07, 6.45) is 3.38. The molecule has 0 spiro atoms. The average Bonchev–Trinajstić information content (AvgIpc) is 2.99. The van der Waals surface area contributed by atoms with Crippen LogP contribution in [0.15, 0.2) is 65.1 Å². The first-order valence-electron chi connectivity index (χ1n) is 14.4. The summed E-state index contributed by atoms with van der Waals surface area (Å²) in [4.78, 5) is 53.6. The number of ketones is 2. The van der Waals surface area contributed by atoms with Gasteiger partial charge in [0, 0.05) is 17.4 Å². The Morgan fingerprint density at radius 3 is 2.34 bits per heavy atom. The van der Waals surface area contributed by atoms with E-state index in [0.717, 1.165) is 19.3 Å². The van der Waals surface area contributed by atoms with Crippen molar-refractivity contribution in [1.29, 1.82) is 0 Å². The number of allylic oxidation sites excluding steroid dienone is 1. The molecule has 1 fully saturated rings. The van der Waals surface area contributed by atoms with Crippen LogP contribution in [-0.4, -0.2) is 55.6 Å². The first-order valence-corrected chi connectivity index (χ1v) is 14.8. The van der Waals surface area contributed by atoms with Crippen molar-refractivity contribution in [2.75, 3.05) is 0 Å². The highest BCUT2D eigenvalue weighted by Gasteiger charge is 2.65. The number of aliphatic hydroxyl groups is 3. The maximum atomic E-state index is 14.1. The molecular formula is C33H30ClNO9. The first kappa shape index (κ1) is 29.7. The molecule has 0 unspecified atom stereocenters. The van der Waals surface area contributed by atoms with Crippen molar-refractivity contribution in [3.8, 4) is 5.75 Å². The molecule has 0 aliphatic heterocycles. The van der Waals surface area contributed by atoms with Crippen molar-refractivity contribution in [3.63, 3.8) is 0 Å². The van der Waals surface area contributed by atoms with Gasteiger partial charge < -0.3 is 30.9 Å². The summed E-state index contributed by atoms with van der Waals surface area (Å²) in [6.45, 7) is 0. The van der Waals surface area contributed by atoms with Gasteiger partial charge in [0.2, 0.25) is 5.78 Å². The molecule has 1 saturated carbocycles. The van der Waals surface area contributed by atoms with Crippen LogP contribution in [0.4, 0.5) is 0 Å². The number of carbonyl (C=O) groups is 4. The third-order valence-electron chi connectivity index (χ3n) is 9.25. The van der Waals surface area contributed by atoms with Gasteiger partial charge in [0.15, 0.2) is 11.4 Å². The molecule has 0 bridgehead atoms. The molecular weight excluding hydrogens is 590 g/mol. The summed E-state index contributed by atoms with van der Waals surface area (Å²) in [6, 6.07) is 11.1. The lowest BCUT2D eigenvalue weighted by Gasteiger charge is -2.50. The van der Waals surface area contributed by atoms with Crippen molar-refractivity contribution in [1.82, 2.24) is 0 Å². The normalized spacial score (nSPS) is 28.0. The number of hydrogen-bond donors (Lipinski definition) is 5. The van der Waals surface area contributed by atoms with E-state index < -0.39 is 87.7 Å². The van der Waals surface area contributed by atoms with E-state index in [1.807, 2.05) is 0 Å². The number of nitrogens with two attached hydrogens (primary N) is 1. The molecule has 0 aromatic heterocycles. The molecule has 6 N–H and O–H groups in total. The lowest BCUT2D eigenvalue weighted by Crippen LogP contribution is -2.63. The zero-order valence-electron chi connectivity index (χ0n) is 23.5. The van der Waals surface area contributed by atoms with Crippen LogP contribution >= 0.6 is 11.6 Å². The Labute approximate surface area is 257 Å². The summed E-state index contributed by atoms with van der Waals surface area (Å²) in [5.74, 6) is -9.66. The summed E-state index contributed by atoms with van der Waals surface area (Å²) >= 11 is 6.10. The van der Waals surface area contributed by atoms with Crippen molar-refractivity contribution < 1.29 is 44.3 Å². The molecule has 0 radical (unpaired) electrons. The molecule has 11 heteroatoms. The number of hydrogen-bond acceptors (Lipinski definition) is 9. The van der Waals surface area contributed by atoms with Gasteiger partial charge in [0.1, 0.15) is 28.9 Å². The monoisotopic (exact) mass is 619 g/mol. The van der Waals surface area contributed by atoms with Crippen LogP contribution in [0.5, 0.6) is 5.75 Å². The van der Waals surface area contributed by atoms with Crippen molar-refractivity contribution in [3.05, 3.63) is 86.8 Å². The van der Waals surface area contributed by atoms with E-state index in [1.165, 1.54) is 12.1 Å². The SMILES string of the molecule is NC(=O)C1=C(O)C[C@@H]2[C@@H](OC(=O)C3CCCCC3)[C@H]3C(=C(O)[C@]2(O)C1=O)C(=O)c1c(O)cccc1/C3=C\c1ccc(Cl)cc1. The summed E-state index contributed by atoms with van der Waals surface area (Å²) in [5.41, 5.74) is 2.08. The van der Waals surface area contributed by atoms with Gasteiger partial charge in [-0.25, -0.2) is 0 Å². The van der Waals surface area contributed by atoms with E-state index >= 15 is 0 Å². The van der Waals surface area contributed by atoms with Crippen molar-refractivity contribution in [2.24, 2.45) is 23.5 Å². The molecule has 44 heavy (non-hydrogen) atoms. The molecule has 0 saturated heterocycles. The highest BCUT2D eigenvalue weighted by molar-refractivity contribution is 6.30. The van der Waals surface area contributed by atoms with Crippen LogP contribution in [-0.2, 0) is 19.1 Å². The fraction of sp³-hybridized carbons (Fsp3) is 0.333. The second-order valence-corrected chi connectivity index (χ2v) is 12.2. The molecule has 2 aromatic rings. The maximum Gasteiger partial charge on any atom is 0.309 e. The number of rotatable bonds is 4. The number of phenols is 1. The number of benzene rings is 2. The predicted molar refractivity (Wildman–Crippen MR) is 158 cm³/mol. The Kier molecular flexibility index (Phi) is 7.37. The standard InChI is InChI=1S/C33H30ClNO9/c34-17-11-9-15(10-12-17)13-19-18-7-4-8-21(36)23(18)27(38)26-24(19)28(44-32(42)16-5-2-1-3-6-16)20-14-22(37)25(31(35)41)29(39)33(20,43)30(26)40/h4,7-13,16,20,24,28,36-37,40,43H,1-3,5-6,14H2,(H2,35,41)/b19-13+/t20-,24-,28-,33-/m1/s1. The van der Waals surface area contributed by atoms with Gasteiger partial charge in [0.05, 0.1) is 23.0 Å². The quantitative estimate of drug-likeness (QED) is 0.245. The van der Waals surface area contributed by atoms with Gasteiger partial charge in [-0.3, -0.25) is 19.2 Å². The minimum absolute atomic E-state index is 0.193. The number of halogens is 1. The lowest BCUT2D eigenvalue weighted by atomic mass is 9.57. The summed E-state index contributed by atoms with van der Waals surface area (Å²) in [5, 5.41) is 45.8. The van der Waals surface area contributed by atoms with E-state index in [-0.39, 0.29) is 11.1 Å². The Balaban J connectivity index is 1.63. The minimum atomic E-state index is -2.94. The number of fused-ring (bicyclic) bond motifs is 3. The Morgan fingerprint density at radius 1 is 1.00 bits per heavy atom. The van der Waals surface area contributed by atoms with Crippen LogP contribution in [0.25, 0.3) is 11.6 Å². The van der Waals surface area contributed by atoms with E-state index in [4.69, 9.17) is 22.1 Å². The van der Waals surface area contributed by atoms with Gasteiger partial charge >= 0.3 is 5.97 Å². The Morgan fingerprint density at radius 2 is 1.68 bits per heavy atom. The molecule has 6 rings (SSSR count). The highest BCUT2D eigenvalue weighted by Crippen LogP contribution is 2.56. The summed E-state index contributed by atoms with van der Waals surface area (Å²) in [7, 11) is 0. The number of esters is 1. The van der Waals surface area contributed by atoms with Gasteiger partial charge in [-0.2, -0.15) is 0 Å². The van der Waals surface area contributed by atoms with Gasteiger partial charge in [-0.1, -0.05) is 61.2 Å². The molecule has 4 atom stereocenters. The molecule has 4 aliphatic carbocycles. The van der Waals surface area contributed by atoms with E-state index in [2.05, 4.69) is 0 Å². The third-order valence-corrected chi connectivity index (χ3v) is 9.51. The zero-order valence-corrected chi connectivity index (χ0v) is 24.2. The summed E-state index contributed by atoms with van der Waals surface area (Å²) < 4.78 is 6.13. The largest absolute Gasteiger partial charge is 0.511 e. The third kappa shape index (κ3) is 4.51. The van der Waals surface area contributed by atoms with Gasteiger partial charge in [0.25, 0.3) is 5.91 Å². The number of aromatic hydroxyl groups is 1. The number of ether oxygens (including phenoxy) is 1. The second-order valence-electron chi connectivity index (χ2n) is 11.7. The van der Waals surface area contributed by atoms with E-state index in [0.29, 0.717) is 29.0 Å². The topological polar surface area (TPSA) is 184 Å². The molecule has 228 valence electrons. The predicted octanol–water partition coefficient (Wildman–Crippen LogP) is 4.33. The Hall–Kier alpha value is -4.41. The molecule has 0 heterocycles. The van der Waals surface area contributed by atoms with Gasteiger partial charge in [-0.15, -0.1) is 0 Å². The Bertz CT molecular complexity index is 1700. The highest BCUT2D eigenvalue weighted by atomic mass is 35.5. The number of phenolic OH excluding ortho intramolecular Hbond substituents is 1. The van der Waals surface area contributed by atoms with Crippen molar-refractivity contribution >= 4 is 46.7 Å². The maximum absolute atomic E-state index is 14.1. The fourth-order valence-electron chi connectivity index (χ4n) is 7.12. The minimum Gasteiger partial charge on any atom is -0.511 e. The molecule has 4 aliphatic rings. The fourth-order valence-corrected chi connectivity index (χ4v) is 7.24. The van der Waals surface area contributed by atoms with Crippen LogP contribution in [0.2, 0.25) is 5.02 Å². The van der Waals surface area contributed by atoms with Crippen LogP contribution in [0.3, 0.4) is 0 Å². The second kappa shape index (κ2) is 10.9. The van der Waals surface area contributed by atoms with Gasteiger partial charge in [-0.05, 0) is 47.7 Å². The van der Waals surface area contributed by atoms with Crippen molar-refractivity contribution in [2.45, 2.75) is 50.2 Å². The van der Waals surface area contributed by atoms with Crippen LogP contribution < -0.4 is 5.73 Å². The van der Waals surface area contributed by atoms with Crippen LogP contribution in [0, 0.1) is 17.8 Å². The number of carbonyl (C=O) groups excluding carboxylic acids is 4. The van der Waals surface area contributed by atoms with Crippen LogP contribution in [0.1, 0.15) is 60.0 Å². The number of primary amides is 1. The van der Waals surface area contributed by atoms with E-state index in [1.54, 1.807) is 36.4 Å². The number of Topliss-reactive ketones (excluding diaryl/α,β-unsaturated/α-hetero) is 2. The van der Waals surface area contributed by atoms with E-state index in [9.17, 15) is 39.6 Å². The zero-order chi connectivity index (χ0) is 31.5. The lowest BCUT2D eigenvalue weighted by molar-refractivity contribution is -0.175. The average molecular weight is 620 g/mol. The smallest absolute Gasteiger partial charge is 0.309 e. The number of amides is 1. The number of aliphatic hydroxyl groups excluding tert-OH is 2.